The predicted molar refractivity (Wildman–Crippen MR) is 136 cm³/mol. The van der Waals surface area contributed by atoms with Crippen LogP contribution in [-0.2, 0) is 6.42 Å². The smallest absolute Gasteiger partial charge is 0.194 e. The number of nitrogens with one attached hydrogen (secondary N) is 1. The van der Waals surface area contributed by atoms with Crippen molar-refractivity contribution >= 4 is 29.9 Å². The molecule has 2 aromatic rings. The van der Waals surface area contributed by atoms with E-state index in [1.807, 2.05) is 36.4 Å². The van der Waals surface area contributed by atoms with E-state index in [1.54, 1.807) is 14.2 Å². The molecule has 1 aliphatic heterocycles. The quantitative estimate of drug-likeness (QED) is 0.305. The maximum Gasteiger partial charge on any atom is 0.194 e. The number of rotatable bonds is 8. The Morgan fingerprint density at radius 2 is 1.84 bits per heavy atom. The summed E-state index contributed by atoms with van der Waals surface area (Å²) >= 11 is 0. The van der Waals surface area contributed by atoms with Crippen molar-refractivity contribution in [1.29, 1.82) is 0 Å². The van der Waals surface area contributed by atoms with Crippen LogP contribution < -0.4 is 14.8 Å². The van der Waals surface area contributed by atoms with E-state index in [4.69, 9.17) is 14.5 Å². The lowest BCUT2D eigenvalue weighted by Crippen LogP contribution is -2.40. The zero-order valence-corrected chi connectivity index (χ0v) is 20.9. The fraction of sp³-hybridized carbons (Fsp3) is 0.458. The molecule has 0 bridgehead atoms. The second-order valence-electron chi connectivity index (χ2n) is 7.62. The topological polar surface area (TPSA) is 66.3 Å². The lowest BCUT2D eigenvalue weighted by atomic mass is 9.98. The van der Waals surface area contributed by atoms with Gasteiger partial charge in [0.25, 0.3) is 0 Å². The van der Waals surface area contributed by atoms with Crippen LogP contribution in [0.3, 0.4) is 0 Å². The van der Waals surface area contributed by atoms with E-state index in [0.29, 0.717) is 18.9 Å². The van der Waals surface area contributed by atoms with Crippen LogP contribution in [-0.4, -0.2) is 62.5 Å². The molecule has 0 aliphatic carbocycles. The van der Waals surface area contributed by atoms with E-state index in [-0.39, 0.29) is 24.0 Å². The normalized spacial score (nSPS) is 17.1. The maximum absolute atomic E-state index is 10.4. The zero-order valence-electron chi connectivity index (χ0n) is 18.6. The van der Waals surface area contributed by atoms with Crippen molar-refractivity contribution in [2.45, 2.75) is 31.8 Å². The third-order valence-electron chi connectivity index (χ3n) is 5.43. The van der Waals surface area contributed by atoms with Gasteiger partial charge in [-0.25, -0.2) is 0 Å². The first-order chi connectivity index (χ1) is 14.6. The fourth-order valence-corrected chi connectivity index (χ4v) is 3.86. The highest BCUT2D eigenvalue weighted by molar-refractivity contribution is 14.0. The summed E-state index contributed by atoms with van der Waals surface area (Å²) in [6, 6.07) is 16.1. The fourth-order valence-electron chi connectivity index (χ4n) is 3.86. The van der Waals surface area contributed by atoms with Gasteiger partial charge in [0.2, 0.25) is 0 Å². The van der Waals surface area contributed by atoms with Gasteiger partial charge in [-0.15, -0.1) is 24.0 Å². The standard InChI is InChI=1S/C24H33N3O3.HI/c1-4-25-24(26-16-21(28)12-18-8-6-5-7-9-18)27-11-10-19(17-27)20-13-22(29-2)15-23(14-20)30-3;/h5-9,13-15,19,21,28H,4,10-12,16-17H2,1-3H3,(H,25,26);1H. The Labute approximate surface area is 202 Å². The van der Waals surface area contributed by atoms with Gasteiger partial charge >= 0.3 is 0 Å². The van der Waals surface area contributed by atoms with Crippen molar-refractivity contribution in [3.8, 4) is 11.5 Å². The summed E-state index contributed by atoms with van der Waals surface area (Å²) in [6.07, 6.45) is 1.14. The highest BCUT2D eigenvalue weighted by atomic mass is 127. The number of aliphatic hydroxyl groups excluding tert-OH is 1. The first-order valence-corrected chi connectivity index (χ1v) is 10.6. The number of aliphatic hydroxyl groups is 1. The lowest BCUT2D eigenvalue weighted by Gasteiger charge is -2.22. The van der Waals surface area contributed by atoms with Crippen LogP contribution in [0.1, 0.15) is 30.4 Å². The van der Waals surface area contributed by atoms with E-state index in [9.17, 15) is 5.11 Å². The van der Waals surface area contributed by atoms with Gasteiger partial charge in [-0.2, -0.15) is 0 Å². The molecular formula is C24H34IN3O3. The van der Waals surface area contributed by atoms with Crippen LogP contribution in [0.15, 0.2) is 53.5 Å². The molecule has 0 spiro atoms. The number of guanidine groups is 1. The number of hydrogen-bond acceptors (Lipinski definition) is 4. The molecule has 1 heterocycles. The van der Waals surface area contributed by atoms with Crippen LogP contribution >= 0.6 is 24.0 Å². The molecule has 0 saturated carbocycles. The third kappa shape index (κ3) is 7.28. The van der Waals surface area contributed by atoms with E-state index < -0.39 is 6.10 Å². The average Bonchev–Trinajstić information content (AvgIpc) is 3.27. The molecule has 0 radical (unpaired) electrons. The second-order valence-corrected chi connectivity index (χ2v) is 7.62. The molecule has 1 saturated heterocycles. The first-order valence-electron chi connectivity index (χ1n) is 10.6. The largest absolute Gasteiger partial charge is 0.497 e. The van der Waals surface area contributed by atoms with Gasteiger partial charge in [0.15, 0.2) is 5.96 Å². The van der Waals surface area contributed by atoms with Gasteiger partial charge in [0.05, 0.1) is 26.9 Å². The Morgan fingerprint density at radius 1 is 1.16 bits per heavy atom. The van der Waals surface area contributed by atoms with Crippen molar-refractivity contribution in [2.24, 2.45) is 4.99 Å². The Morgan fingerprint density at radius 3 is 2.45 bits per heavy atom. The van der Waals surface area contributed by atoms with E-state index in [0.717, 1.165) is 49.1 Å². The van der Waals surface area contributed by atoms with E-state index in [2.05, 4.69) is 29.3 Å². The minimum Gasteiger partial charge on any atom is -0.497 e. The Kier molecular flexibility index (Phi) is 10.4. The van der Waals surface area contributed by atoms with Gasteiger partial charge in [0.1, 0.15) is 11.5 Å². The minimum atomic E-state index is -0.498. The van der Waals surface area contributed by atoms with Crippen molar-refractivity contribution in [3.63, 3.8) is 0 Å². The maximum atomic E-state index is 10.4. The lowest BCUT2D eigenvalue weighted by molar-refractivity contribution is 0.183. The molecule has 2 aromatic carbocycles. The summed E-state index contributed by atoms with van der Waals surface area (Å²) in [6.45, 7) is 5.03. The van der Waals surface area contributed by atoms with Crippen molar-refractivity contribution < 1.29 is 14.6 Å². The van der Waals surface area contributed by atoms with Gasteiger partial charge in [-0.05, 0) is 36.6 Å². The number of halogens is 1. The molecule has 3 rings (SSSR count). The molecule has 1 fully saturated rings. The summed E-state index contributed by atoms with van der Waals surface area (Å²) in [5.74, 6) is 2.87. The molecule has 170 valence electrons. The van der Waals surface area contributed by atoms with Crippen molar-refractivity contribution in [2.75, 3.05) is 40.4 Å². The summed E-state index contributed by atoms with van der Waals surface area (Å²) in [5.41, 5.74) is 2.34. The van der Waals surface area contributed by atoms with Gasteiger partial charge in [-0.3, -0.25) is 4.99 Å². The van der Waals surface area contributed by atoms with Crippen LogP contribution in [0.4, 0.5) is 0 Å². The zero-order chi connectivity index (χ0) is 21.3. The number of methoxy groups -OCH3 is 2. The Balaban J connectivity index is 0.00000341. The van der Waals surface area contributed by atoms with E-state index >= 15 is 0 Å². The second kappa shape index (κ2) is 12.8. The molecule has 7 heteroatoms. The molecular weight excluding hydrogens is 505 g/mol. The van der Waals surface area contributed by atoms with Gasteiger partial charge in [-0.1, -0.05) is 30.3 Å². The Bertz CT molecular complexity index is 810. The molecule has 6 nitrogen and oxygen atoms in total. The highest BCUT2D eigenvalue weighted by Crippen LogP contribution is 2.32. The third-order valence-corrected chi connectivity index (χ3v) is 5.43. The number of hydrogen-bond donors (Lipinski definition) is 2. The summed E-state index contributed by atoms with van der Waals surface area (Å²) in [4.78, 5) is 6.99. The predicted octanol–water partition coefficient (Wildman–Crippen LogP) is 3.68. The van der Waals surface area contributed by atoms with Crippen LogP contribution in [0.2, 0.25) is 0 Å². The number of nitrogens with zero attached hydrogens (tertiary/aromatic N) is 2. The molecule has 0 aromatic heterocycles. The summed E-state index contributed by atoms with van der Waals surface area (Å²) in [7, 11) is 3.35. The molecule has 1 aliphatic rings. The average molecular weight is 539 g/mol. The summed E-state index contributed by atoms with van der Waals surface area (Å²) in [5, 5.41) is 13.8. The SMILES string of the molecule is CCNC(=NCC(O)Cc1ccccc1)N1CCC(c2cc(OC)cc(OC)c2)C1.I. The number of benzene rings is 2. The molecule has 2 unspecified atom stereocenters. The first kappa shape index (κ1) is 25.3. The van der Waals surface area contributed by atoms with Crippen molar-refractivity contribution in [1.82, 2.24) is 10.2 Å². The monoisotopic (exact) mass is 539 g/mol. The number of aliphatic imine (C=N–C) groups is 1. The van der Waals surface area contributed by atoms with E-state index in [1.165, 1.54) is 5.56 Å². The molecule has 0 amide bonds. The van der Waals surface area contributed by atoms with Crippen LogP contribution in [0.25, 0.3) is 0 Å². The number of likely N-dealkylation sites (tertiary alicyclic amines) is 1. The number of ether oxygens (including phenoxy) is 2. The van der Waals surface area contributed by atoms with Gasteiger partial charge in [0, 0.05) is 38.0 Å². The van der Waals surface area contributed by atoms with Gasteiger partial charge < -0.3 is 24.8 Å². The highest BCUT2D eigenvalue weighted by Gasteiger charge is 2.27. The van der Waals surface area contributed by atoms with Crippen molar-refractivity contribution in [3.05, 3.63) is 59.7 Å². The minimum absolute atomic E-state index is 0. The molecule has 2 N–H and O–H groups in total. The molecule has 2 atom stereocenters. The van der Waals surface area contributed by atoms with Crippen LogP contribution in [0, 0.1) is 0 Å². The summed E-state index contributed by atoms with van der Waals surface area (Å²) < 4.78 is 10.9. The Hall–Kier alpha value is -2.00. The molecule has 31 heavy (non-hydrogen) atoms. The van der Waals surface area contributed by atoms with Crippen LogP contribution in [0.5, 0.6) is 11.5 Å².